The van der Waals surface area contributed by atoms with E-state index in [1.807, 2.05) is 12.1 Å². The van der Waals surface area contributed by atoms with Crippen molar-refractivity contribution < 1.29 is 14.3 Å². The zero-order valence-electron chi connectivity index (χ0n) is 8.67. The number of amides is 1. The molecule has 0 aliphatic carbocycles. The quantitative estimate of drug-likeness (QED) is 0.398. The Bertz CT molecular complexity index is 453. The third-order valence-electron chi connectivity index (χ3n) is 2.09. The van der Waals surface area contributed by atoms with Gasteiger partial charge in [0.2, 0.25) is 6.10 Å². The van der Waals surface area contributed by atoms with Crippen molar-refractivity contribution >= 4 is 35.1 Å². The molecule has 1 unspecified atom stereocenters. The van der Waals surface area contributed by atoms with Gasteiger partial charge in [0.1, 0.15) is 10.9 Å². The monoisotopic (exact) mass is 270 g/mol. The van der Waals surface area contributed by atoms with Gasteiger partial charge in [-0.05, 0) is 12.1 Å². The summed E-state index contributed by atoms with van der Waals surface area (Å²) in [7, 11) is 0. The zero-order chi connectivity index (χ0) is 12.3. The van der Waals surface area contributed by atoms with Crippen molar-refractivity contribution in [3.05, 3.63) is 24.3 Å². The van der Waals surface area contributed by atoms with Crippen molar-refractivity contribution in [2.75, 3.05) is 6.61 Å². The second kappa shape index (κ2) is 5.24. The van der Waals surface area contributed by atoms with Crippen molar-refractivity contribution in [1.29, 1.82) is 0 Å². The van der Waals surface area contributed by atoms with Gasteiger partial charge in [-0.3, -0.25) is 15.6 Å². The number of hydrogen-bond acceptors (Lipinski definition) is 4. The molecule has 1 aromatic rings. The number of thiol groups is 1. The smallest absolute Gasteiger partial charge is 0.283 e. The number of hydrogen-bond donors (Lipinski definition) is 3. The van der Waals surface area contributed by atoms with Crippen LogP contribution in [0.5, 0.6) is 11.5 Å². The summed E-state index contributed by atoms with van der Waals surface area (Å²) in [5.41, 5.74) is 4.80. The van der Waals surface area contributed by atoms with Crippen molar-refractivity contribution in [3.8, 4) is 11.5 Å². The van der Waals surface area contributed by atoms with Crippen LogP contribution in [-0.2, 0) is 4.79 Å². The lowest BCUT2D eigenvalue weighted by Crippen LogP contribution is -2.49. The Morgan fingerprint density at radius 2 is 2.06 bits per heavy atom. The fourth-order valence-corrected chi connectivity index (χ4v) is 1.45. The van der Waals surface area contributed by atoms with E-state index >= 15 is 0 Å². The summed E-state index contributed by atoms with van der Waals surface area (Å²) in [5.74, 6) is 0.817. The Labute approximate surface area is 109 Å². The molecule has 2 rings (SSSR count). The Hall–Kier alpha value is -1.47. The fourth-order valence-electron chi connectivity index (χ4n) is 1.34. The average molecular weight is 270 g/mol. The summed E-state index contributed by atoms with van der Waals surface area (Å²) in [5, 5.41) is 0. The molecule has 0 bridgehead atoms. The highest BCUT2D eigenvalue weighted by Gasteiger charge is 2.27. The van der Waals surface area contributed by atoms with Crippen LogP contribution >= 0.6 is 24.8 Å². The lowest BCUT2D eigenvalue weighted by atomic mass is 10.2. The molecule has 1 amide bonds. The van der Waals surface area contributed by atoms with Gasteiger partial charge in [-0.25, -0.2) is 0 Å². The lowest BCUT2D eigenvalue weighted by molar-refractivity contribution is -0.130. The Kier molecular flexibility index (Phi) is 3.70. The van der Waals surface area contributed by atoms with Gasteiger partial charge in [0.25, 0.3) is 5.91 Å². The maximum Gasteiger partial charge on any atom is 0.283 e. The maximum atomic E-state index is 11.6. The van der Waals surface area contributed by atoms with E-state index in [9.17, 15) is 4.79 Å². The van der Waals surface area contributed by atoms with Crippen molar-refractivity contribution in [2.24, 2.45) is 0 Å². The summed E-state index contributed by atoms with van der Waals surface area (Å²) in [4.78, 5) is 11.6. The number of para-hydroxylation sites is 2. The number of carbonyl (C=O) groups excluding carboxylic acids is 1. The number of thiocarbonyl (C=S) groups is 1. The van der Waals surface area contributed by atoms with Crippen LogP contribution in [-0.4, -0.2) is 22.9 Å². The van der Waals surface area contributed by atoms with Gasteiger partial charge in [-0.2, -0.15) is 0 Å². The van der Waals surface area contributed by atoms with Crippen LogP contribution < -0.4 is 20.3 Å². The highest BCUT2D eigenvalue weighted by Crippen LogP contribution is 2.30. The molecule has 17 heavy (non-hydrogen) atoms. The molecule has 2 N–H and O–H groups in total. The number of ether oxygens (including phenoxy) is 2. The van der Waals surface area contributed by atoms with Crippen LogP contribution in [0, 0.1) is 0 Å². The van der Waals surface area contributed by atoms with E-state index in [0.29, 0.717) is 11.5 Å². The lowest BCUT2D eigenvalue weighted by Gasteiger charge is -2.25. The van der Waals surface area contributed by atoms with Crippen LogP contribution in [0.2, 0.25) is 0 Å². The minimum Gasteiger partial charge on any atom is -0.485 e. The molecule has 1 aliphatic rings. The largest absolute Gasteiger partial charge is 0.485 e. The minimum atomic E-state index is -0.708. The normalized spacial score (nSPS) is 17.1. The fraction of sp³-hybridized carbons (Fsp3) is 0.200. The van der Waals surface area contributed by atoms with Crippen LogP contribution in [0.15, 0.2) is 24.3 Å². The molecule has 0 fully saturated rings. The molecule has 1 aliphatic heterocycles. The first-order chi connectivity index (χ1) is 8.16. The van der Waals surface area contributed by atoms with Gasteiger partial charge in [-0.15, -0.1) is 12.6 Å². The van der Waals surface area contributed by atoms with E-state index in [-0.39, 0.29) is 16.8 Å². The topological polar surface area (TPSA) is 59.6 Å². The molecular formula is C10H10N2O3S2. The third kappa shape index (κ3) is 3.01. The van der Waals surface area contributed by atoms with Crippen LogP contribution in [0.4, 0.5) is 0 Å². The number of carbonyl (C=O) groups is 1. The van der Waals surface area contributed by atoms with Gasteiger partial charge >= 0.3 is 0 Å². The molecule has 7 heteroatoms. The molecule has 0 saturated heterocycles. The summed E-state index contributed by atoms with van der Waals surface area (Å²) >= 11 is 8.46. The summed E-state index contributed by atoms with van der Waals surface area (Å²) < 4.78 is 11.1. The van der Waals surface area contributed by atoms with Crippen molar-refractivity contribution in [3.63, 3.8) is 0 Å². The highest BCUT2D eigenvalue weighted by atomic mass is 32.1. The molecule has 1 aromatic carbocycles. The predicted molar refractivity (Wildman–Crippen MR) is 69.2 cm³/mol. The van der Waals surface area contributed by atoms with E-state index in [4.69, 9.17) is 9.47 Å². The summed E-state index contributed by atoms with van der Waals surface area (Å²) in [6, 6.07) is 7.17. The highest BCUT2D eigenvalue weighted by molar-refractivity contribution is 8.11. The second-order valence-electron chi connectivity index (χ2n) is 3.28. The number of rotatable bonds is 1. The average Bonchev–Trinajstić information content (AvgIpc) is 2.35. The molecule has 0 saturated carbocycles. The zero-order valence-corrected chi connectivity index (χ0v) is 10.4. The standard InChI is InChI=1S/C10H10N2O3S2/c13-9(11-12-10(16)17)8-5-14-6-3-1-2-4-7(6)15-8/h1-4,8H,5H2,(H,11,13)(H2,12,16,17). The van der Waals surface area contributed by atoms with Gasteiger partial charge in [0, 0.05) is 0 Å². The molecule has 0 aromatic heterocycles. The number of benzene rings is 1. The van der Waals surface area contributed by atoms with Crippen LogP contribution in [0.25, 0.3) is 0 Å². The third-order valence-corrected chi connectivity index (χ3v) is 2.31. The van der Waals surface area contributed by atoms with E-state index in [1.165, 1.54) is 0 Å². The van der Waals surface area contributed by atoms with E-state index in [2.05, 4.69) is 35.7 Å². The van der Waals surface area contributed by atoms with Gasteiger partial charge in [-0.1, -0.05) is 24.4 Å². The Morgan fingerprint density at radius 3 is 2.76 bits per heavy atom. The molecule has 1 atom stereocenters. The van der Waals surface area contributed by atoms with Gasteiger partial charge in [0.15, 0.2) is 11.5 Å². The maximum absolute atomic E-state index is 11.6. The molecule has 0 radical (unpaired) electrons. The van der Waals surface area contributed by atoms with E-state index < -0.39 is 6.10 Å². The molecular weight excluding hydrogens is 260 g/mol. The van der Waals surface area contributed by atoms with Crippen molar-refractivity contribution in [1.82, 2.24) is 10.9 Å². The number of nitrogens with one attached hydrogen (secondary N) is 2. The first-order valence-corrected chi connectivity index (χ1v) is 5.69. The molecule has 90 valence electrons. The van der Waals surface area contributed by atoms with Crippen LogP contribution in [0.1, 0.15) is 0 Å². The molecule has 5 nitrogen and oxygen atoms in total. The van der Waals surface area contributed by atoms with Gasteiger partial charge < -0.3 is 9.47 Å². The van der Waals surface area contributed by atoms with Crippen LogP contribution in [0.3, 0.4) is 0 Å². The summed E-state index contributed by atoms with van der Waals surface area (Å²) in [6.45, 7) is 0.157. The Balaban J connectivity index is 1.97. The van der Waals surface area contributed by atoms with E-state index in [1.54, 1.807) is 12.1 Å². The number of fused-ring (bicyclic) bond motifs is 1. The van der Waals surface area contributed by atoms with Gasteiger partial charge in [0.05, 0.1) is 0 Å². The molecule has 1 heterocycles. The van der Waals surface area contributed by atoms with Crippen molar-refractivity contribution in [2.45, 2.75) is 6.10 Å². The first-order valence-electron chi connectivity index (χ1n) is 4.84. The summed E-state index contributed by atoms with van der Waals surface area (Å²) in [6.07, 6.45) is -0.708. The number of hydrazine groups is 1. The van der Waals surface area contributed by atoms with E-state index in [0.717, 1.165) is 0 Å². The first kappa shape index (κ1) is 12.0. The predicted octanol–water partition coefficient (Wildman–Crippen LogP) is 0.662. The molecule has 0 spiro atoms. The minimum absolute atomic E-state index is 0.157. The SMILES string of the molecule is O=C(NNC(=S)S)C1COc2ccccc2O1. The Morgan fingerprint density at radius 1 is 1.35 bits per heavy atom. The second-order valence-corrected chi connectivity index (χ2v) is 4.44.